The van der Waals surface area contributed by atoms with E-state index < -0.39 is 31.0 Å². The smallest absolute Gasteiger partial charge is 0.151 e. The second kappa shape index (κ2) is 5.18. The molecule has 5 N–H and O–H groups in total. The lowest BCUT2D eigenvalue weighted by molar-refractivity contribution is -0.136. The maximum atomic E-state index is 9.96. The molecule has 0 fully saturated rings. The van der Waals surface area contributed by atoms with Gasteiger partial charge in [-0.2, -0.15) is 0 Å². The summed E-state index contributed by atoms with van der Waals surface area (Å²) in [6.07, 6.45) is -9.09. The Morgan fingerprint density at radius 2 is 1.83 bits per heavy atom. The molecule has 0 aliphatic heterocycles. The molecule has 0 aromatic heterocycles. The Balaban J connectivity index is 4.51. The minimum atomic E-state index is -2.88. The van der Waals surface area contributed by atoms with Crippen LogP contribution in [0.5, 0.6) is 0 Å². The molecule has 0 aliphatic rings. The zero-order valence-corrected chi connectivity index (χ0v) is 6.16. The van der Waals surface area contributed by atoms with Gasteiger partial charge >= 0.3 is 0 Å². The van der Waals surface area contributed by atoms with Crippen molar-refractivity contribution >= 4 is 6.29 Å². The van der Waals surface area contributed by atoms with Gasteiger partial charge in [0.1, 0.15) is 24.4 Å². The van der Waals surface area contributed by atoms with Crippen LogP contribution in [-0.2, 0) is 4.79 Å². The van der Waals surface area contributed by atoms with Gasteiger partial charge in [0.25, 0.3) is 0 Å². The third kappa shape index (κ3) is 2.84. The first-order valence-electron chi connectivity index (χ1n) is 3.70. The van der Waals surface area contributed by atoms with E-state index in [-0.39, 0.29) is 6.29 Å². The Kier molecular flexibility index (Phi) is 4.12. The SMILES string of the molecule is [2H][C@](O)([C@H](O)CO)[C@H](O)[C@@H](O)C=O. The number of hydrogen-bond acceptors (Lipinski definition) is 6. The molecule has 6 heteroatoms. The second-order valence-electron chi connectivity index (χ2n) is 2.19. The predicted molar refractivity (Wildman–Crippen MR) is 37.2 cm³/mol. The largest absolute Gasteiger partial charge is 0.394 e. The van der Waals surface area contributed by atoms with Crippen molar-refractivity contribution in [2.45, 2.75) is 24.4 Å². The average molecular weight is 181 g/mol. The summed E-state index contributed by atoms with van der Waals surface area (Å²) in [7, 11) is 0. The Hall–Kier alpha value is -0.530. The molecule has 0 rings (SSSR count). The minimum absolute atomic E-state index is 0.0890. The number of carbonyl (C=O) groups excluding carboxylic acids is 1. The van der Waals surface area contributed by atoms with Crippen LogP contribution in [-0.4, -0.2) is 62.8 Å². The Morgan fingerprint density at radius 1 is 1.33 bits per heavy atom. The van der Waals surface area contributed by atoms with Crippen LogP contribution < -0.4 is 0 Å². The summed E-state index contributed by atoms with van der Waals surface area (Å²) in [5.41, 5.74) is 0. The number of carbonyl (C=O) groups is 1. The summed E-state index contributed by atoms with van der Waals surface area (Å²) in [4.78, 5) is 9.96. The van der Waals surface area contributed by atoms with Gasteiger partial charge in [0.2, 0.25) is 0 Å². The summed E-state index contributed by atoms with van der Waals surface area (Å²) in [6.45, 7) is -0.970. The normalized spacial score (nSPS) is 24.9. The van der Waals surface area contributed by atoms with Crippen LogP contribution in [0, 0.1) is 0 Å². The fraction of sp³-hybridized carbons (Fsp3) is 0.833. The molecule has 0 heterocycles. The van der Waals surface area contributed by atoms with Crippen molar-refractivity contribution in [1.29, 1.82) is 0 Å². The van der Waals surface area contributed by atoms with E-state index in [2.05, 4.69) is 0 Å². The second-order valence-corrected chi connectivity index (χ2v) is 2.19. The lowest BCUT2D eigenvalue weighted by Gasteiger charge is -2.22. The first-order chi connectivity index (χ1) is 5.87. The van der Waals surface area contributed by atoms with Crippen LogP contribution >= 0.6 is 0 Å². The van der Waals surface area contributed by atoms with Gasteiger partial charge in [0, 0.05) is 0 Å². The van der Waals surface area contributed by atoms with Crippen LogP contribution in [0.4, 0.5) is 0 Å². The van der Waals surface area contributed by atoms with Crippen molar-refractivity contribution < 1.29 is 31.7 Å². The number of aldehydes is 1. The Labute approximate surface area is 70.1 Å². The van der Waals surface area contributed by atoms with Crippen molar-refractivity contribution in [3.05, 3.63) is 0 Å². The van der Waals surface area contributed by atoms with E-state index in [4.69, 9.17) is 26.9 Å². The quantitative estimate of drug-likeness (QED) is 0.282. The fourth-order valence-electron chi connectivity index (χ4n) is 0.540. The van der Waals surface area contributed by atoms with Crippen LogP contribution in [0.15, 0.2) is 0 Å². The van der Waals surface area contributed by atoms with Gasteiger partial charge in [-0.3, -0.25) is 0 Å². The van der Waals surface area contributed by atoms with Gasteiger partial charge in [-0.25, -0.2) is 0 Å². The van der Waals surface area contributed by atoms with E-state index in [9.17, 15) is 4.79 Å². The molecule has 4 atom stereocenters. The zero-order valence-electron chi connectivity index (χ0n) is 7.16. The topological polar surface area (TPSA) is 118 Å². The molecule has 0 saturated carbocycles. The van der Waals surface area contributed by atoms with E-state index >= 15 is 0 Å². The number of aliphatic hydroxyl groups is 5. The summed E-state index contributed by atoms with van der Waals surface area (Å²) < 4.78 is 6.95. The standard InChI is InChI=1S/C6H12O6/c7-1-3(9)5(11)6(12)4(10)2-8/h1,3-6,8-12H,2H2/t3-,4+,5+,6-/m0/s1/i6D. The van der Waals surface area contributed by atoms with Gasteiger partial charge < -0.3 is 30.3 Å². The highest BCUT2D eigenvalue weighted by molar-refractivity contribution is 5.56. The molecule has 0 saturated heterocycles. The lowest BCUT2D eigenvalue weighted by atomic mass is 10.0. The van der Waals surface area contributed by atoms with Gasteiger partial charge in [-0.1, -0.05) is 0 Å². The number of hydrogen-bond donors (Lipinski definition) is 5. The molecule has 0 aliphatic carbocycles. The third-order valence-electron chi connectivity index (χ3n) is 1.28. The highest BCUT2D eigenvalue weighted by Crippen LogP contribution is 2.02. The van der Waals surface area contributed by atoms with E-state index in [1.165, 1.54) is 0 Å². The molecule has 6 nitrogen and oxygen atoms in total. The van der Waals surface area contributed by atoms with Gasteiger partial charge in [-0.05, 0) is 0 Å². The van der Waals surface area contributed by atoms with Crippen molar-refractivity contribution in [3.63, 3.8) is 0 Å². The van der Waals surface area contributed by atoms with E-state index in [1.807, 2.05) is 0 Å². The molecule has 72 valence electrons. The lowest BCUT2D eigenvalue weighted by Crippen LogP contribution is -2.46. The number of rotatable bonds is 5. The fourth-order valence-corrected chi connectivity index (χ4v) is 0.540. The van der Waals surface area contributed by atoms with Crippen molar-refractivity contribution in [2.75, 3.05) is 6.61 Å². The molecular formula is C6H12O6. The van der Waals surface area contributed by atoms with Crippen LogP contribution in [0.1, 0.15) is 1.37 Å². The van der Waals surface area contributed by atoms with Gasteiger partial charge in [-0.15, -0.1) is 0 Å². The van der Waals surface area contributed by atoms with Crippen molar-refractivity contribution in [3.8, 4) is 0 Å². The molecular weight excluding hydrogens is 168 g/mol. The average Bonchev–Trinajstić information content (AvgIpc) is 2.13. The first kappa shape index (κ1) is 9.56. The zero-order chi connectivity index (χ0) is 10.6. The van der Waals surface area contributed by atoms with E-state index in [1.54, 1.807) is 0 Å². The highest BCUT2D eigenvalue weighted by Gasteiger charge is 2.29. The van der Waals surface area contributed by atoms with E-state index in [0.717, 1.165) is 0 Å². The van der Waals surface area contributed by atoms with Gasteiger partial charge in [0.15, 0.2) is 6.29 Å². The monoisotopic (exact) mass is 181 g/mol. The molecule has 0 aromatic rings. The Morgan fingerprint density at radius 3 is 2.17 bits per heavy atom. The molecule has 0 bridgehead atoms. The molecule has 0 radical (unpaired) electrons. The van der Waals surface area contributed by atoms with Gasteiger partial charge in [0.05, 0.1) is 7.98 Å². The molecule has 12 heavy (non-hydrogen) atoms. The summed E-state index contributed by atoms with van der Waals surface area (Å²) in [6, 6.07) is 0. The highest BCUT2D eigenvalue weighted by atomic mass is 16.4. The predicted octanol–water partition coefficient (Wildman–Crippen LogP) is -3.38. The summed E-state index contributed by atoms with van der Waals surface area (Å²) in [5, 5.41) is 43.9. The summed E-state index contributed by atoms with van der Waals surface area (Å²) >= 11 is 0. The molecule has 0 amide bonds. The third-order valence-corrected chi connectivity index (χ3v) is 1.28. The first-order valence-corrected chi connectivity index (χ1v) is 3.20. The maximum Gasteiger partial charge on any atom is 0.151 e. The Bertz CT molecular complexity index is 173. The van der Waals surface area contributed by atoms with Crippen molar-refractivity contribution in [1.82, 2.24) is 0 Å². The van der Waals surface area contributed by atoms with Crippen molar-refractivity contribution in [2.24, 2.45) is 0 Å². The van der Waals surface area contributed by atoms with E-state index in [0.29, 0.717) is 0 Å². The molecule has 0 unspecified atom stereocenters. The summed E-state index contributed by atoms with van der Waals surface area (Å²) in [5.74, 6) is 0. The maximum absolute atomic E-state index is 9.96. The van der Waals surface area contributed by atoms with Crippen LogP contribution in [0.2, 0.25) is 0 Å². The molecule has 0 aromatic carbocycles. The molecule has 0 spiro atoms. The van der Waals surface area contributed by atoms with Crippen LogP contribution in [0.25, 0.3) is 0 Å². The minimum Gasteiger partial charge on any atom is -0.394 e. The number of aliphatic hydroxyl groups excluding tert-OH is 4. The van der Waals surface area contributed by atoms with Crippen LogP contribution in [0.3, 0.4) is 0 Å².